The second kappa shape index (κ2) is 7.20. The van der Waals surface area contributed by atoms with Gasteiger partial charge in [-0.05, 0) is 51.0 Å². The maximum atomic E-state index is 12.4. The van der Waals surface area contributed by atoms with Crippen LogP contribution in [0.2, 0.25) is 5.02 Å². The number of carbonyl (C=O) groups excluding carboxylic acids is 2. The number of rotatable bonds is 5. The third kappa shape index (κ3) is 3.96. The highest BCUT2D eigenvalue weighted by atomic mass is 35.5. The lowest BCUT2D eigenvalue weighted by Gasteiger charge is -2.09. The van der Waals surface area contributed by atoms with Gasteiger partial charge in [-0.3, -0.25) is 9.59 Å². The molecule has 1 aliphatic carbocycles. The van der Waals surface area contributed by atoms with Crippen molar-refractivity contribution in [1.82, 2.24) is 24.9 Å². The molecular formula is C19H19ClN6O2. The smallest absolute Gasteiger partial charge is 0.253 e. The summed E-state index contributed by atoms with van der Waals surface area (Å²) in [5.74, 6) is 0.314. The van der Waals surface area contributed by atoms with Crippen LogP contribution in [0.15, 0.2) is 24.3 Å². The van der Waals surface area contributed by atoms with Crippen LogP contribution in [-0.4, -0.2) is 37.4 Å². The number of nitrogens with one attached hydrogen (secondary N) is 2. The highest BCUT2D eigenvalue weighted by molar-refractivity contribution is 6.34. The van der Waals surface area contributed by atoms with Crippen molar-refractivity contribution in [3.63, 3.8) is 0 Å². The van der Waals surface area contributed by atoms with Gasteiger partial charge in [0.15, 0.2) is 5.82 Å². The fraction of sp³-hybridized carbons (Fsp3) is 0.316. The topological polar surface area (TPSA) is 101 Å². The molecule has 2 aromatic heterocycles. The monoisotopic (exact) mass is 398 g/mol. The molecule has 2 heterocycles. The van der Waals surface area contributed by atoms with E-state index >= 15 is 0 Å². The van der Waals surface area contributed by atoms with Gasteiger partial charge in [-0.15, -0.1) is 5.10 Å². The van der Waals surface area contributed by atoms with Crippen LogP contribution in [0.4, 0.5) is 5.69 Å². The van der Waals surface area contributed by atoms with Crippen LogP contribution in [0.1, 0.15) is 40.4 Å². The number of hydrogen-bond acceptors (Lipinski definition) is 5. The van der Waals surface area contributed by atoms with Gasteiger partial charge >= 0.3 is 0 Å². The molecule has 0 saturated heterocycles. The Morgan fingerprint density at radius 2 is 2.00 bits per heavy atom. The number of hydrogen-bond donors (Lipinski definition) is 2. The summed E-state index contributed by atoms with van der Waals surface area (Å²) in [5, 5.41) is 10.3. The highest BCUT2D eigenvalue weighted by Crippen LogP contribution is 2.24. The van der Waals surface area contributed by atoms with E-state index in [0.717, 1.165) is 24.2 Å². The summed E-state index contributed by atoms with van der Waals surface area (Å²) >= 11 is 6.13. The Balaban J connectivity index is 1.47. The Morgan fingerprint density at radius 3 is 2.75 bits per heavy atom. The lowest BCUT2D eigenvalue weighted by molar-refractivity contribution is -0.115. The highest BCUT2D eigenvalue weighted by Gasteiger charge is 2.25. The summed E-state index contributed by atoms with van der Waals surface area (Å²) in [6.45, 7) is 3.79. The molecule has 4 rings (SSSR count). The molecule has 2 amide bonds. The number of nitrogens with zero attached hydrogens (tertiary/aromatic N) is 4. The fourth-order valence-electron chi connectivity index (χ4n) is 2.90. The number of carbonyl (C=O) groups is 2. The molecule has 0 aliphatic heterocycles. The minimum Gasteiger partial charge on any atom is -0.349 e. The predicted octanol–water partition coefficient (Wildman–Crippen LogP) is 2.47. The van der Waals surface area contributed by atoms with E-state index in [4.69, 9.17) is 11.6 Å². The van der Waals surface area contributed by atoms with E-state index in [2.05, 4.69) is 25.7 Å². The van der Waals surface area contributed by atoms with Crippen LogP contribution >= 0.6 is 11.6 Å². The van der Waals surface area contributed by atoms with Crippen LogP contribution < -0.4 is 10.6 Å². The maximum absolute atomic E-state index is 12.4. The van der Waals surface area contributed by atoms with E-state index in [0.29, 0.717) is 27.9 Å². The van der Waals surface area contributed by atoms with Gasteiger partial charge < -0.3 is 10.6 Å². The van der Waals surface area contributed by atoms with Crippen molar-refractivity contribution >= 4 is 34.9 Å². The van der Waals surface area contributed by atoms with E-state index in [1.165, 1.54) is 0 Å². The van der Waals surface area contributed by atoms with Gasteiger partial charge in [-0.1, -0.05) is 11.6 Å². The largest absolute Gasteiger partial charge is 0.349 e. The molecule has 3 aromatic rings. The van der Waals surface area contributed by atoms with E-state index < -0.39 is 0 Å². The average Bonchev–Trinajstić information content (AvgIpc) is 3.34. The van der Waals surface area contributed by atoms with Gasteiger partial charge in [-0.25, -0.2) is 9.50 Å². The van der Waals surface area contributed by atoms with Crippen LogP contribution in [0.25, 0.3) is 5.78 Å². The van der Waals surface area contributed by atoms with Crippen molar-refractivity contribution in [1.29, 1.82) is 0 Å². The Kier molecular flexibility index (Phi) is 4.72. The molecular weight excluding hydrogens is 380 g/mol. The number of benzene rings is 1. The van der Waals surface area contributed by atoms with Gasteiger partial charge in [-0.2, -0.15) is 4.98 Å². The minimum atomic E-state index is -0.291. The number of anilines is 1. The maximum Gasteiger partial charge on any atom is 0.253 e. The number of halogens is 1. The summed E-state index contributed by atoms with van der Waals surface area (Å²) in [7, 11) is 0. The first-order valence-corrected chi connectivity index (χ1v) is 9.37. The molecule has 0 radical (unpaired) electrons. The van der Waals surface area contributed by atoms with Crippen molar-refractivity contribution in [2.45, 2.75) is 39.2 Å². The van der Waals surface area contributed by atoms with Crippen molar-refractivity contribution in [3.05, 3.63) is 52.1 Å². The number of fused-ring (bicyclic) bond motifs is 1. The van der Waals surface area contributed by atoms with Gasteiger partial charge in [0.1, 0.15) is 0 Å². The summed E-state index contributed by atoms with van der Waals surface area (Å²) in [4.78, 5) is 33.3. The zero-order valence-corrected chi connectivity index (χ0v) is 16.2. The average molecular weight is 399 g/mol. The predicted molar refractivity (Wildman–Crippen MR) is 105 cm³/mol. The molecule has 0 bridgehead atoms. The second-order valence-electron chi connectivity index (χ2n) is 6.95. The quantitative estimate of drug-likeness (QED) is 0.687. The number of aromatic nitrogens is 4. The lowest BCUT2D eigenvalue weighted by Crippen LogP contribution is -2.26. The summed E-state index contributed by atoms with van der Waals surface area (Å²) in [5.41, 5.74) is 2.56. The van der Waals surface area contributed by atoms with Gasteiger partial charge in [0, 0.05) is 23.1 Å². The summed E-state index contributed by atoms with van der Waals surface area (Å²) in [6, 6.07) is 6.94. The van der Waals surface area contributed by atoms with Crippen LogP contribution in [0.5, 0.6) is 0 Å². The number of amides is 2. The van der Waals surface area contributed by atoms with Gasteiger partial charge in [0.25, 0.3) is 11.7 Å². The van der Waals surface area contributed by atoms with E-state index in [1.807, 2.05) is 19.9 Å². The molecule has 1 aliphatic rings. The number of aryl methyl sites for hydroxylation is 2. The Labute approximate surface area is 166 Å². The molecule has 8 nitrogen and oxygen atoms in total. The van der Waals surface area contributed by atoms with Crippen LogP contribution in [0, 0.1) is 13.8 Å². The molecule has 28 heavy (non-hydrogen) atoms. The van der Waals surface area contributed by atoms with Crippen molar-refractivity contribution in [3.8, 4) is 0 Å². The van der Waals surface area contributed by atoms with Crippen molar-refractivity contribution < 1.29 is 9.59 Å². The van der Waals surface area contributed by atoms with Crippen LogP contribution in [0.3, 0.4) is 0 Å². The molecule has 1 fully saturated rings. The first-order valence-electron chi connectivity index (χ1n) is 8.99. The Bertz CT molecular complexity index is 1090. The standard InChI is InChI=1S/C19H19ClN6O2/c1-10-7-11(2)26-19(21-10)24-16(25-26)9-17(27)22-13-5-6-15(20)14(8-13)18(28)23-12-3-4-12/h5-8,12H,3-4,9H2,1-2H3,(H,22,27)(H,23,28). The molecule has 0 atom stereocenters. The normalized spacial score (nSPS) is 13.5. The molecule has 2 N–H and O–H groups in total. The molecule has 0 unspecified atom stereocenters. The van der Waals surface area contributed by atoms with E-state index in [9.17, 15) is 9.59 Å². The first-order chi connectivity index (χ1) is 13.4. The summed E-state index contributed by atoms with van der Waals surface area (Å²) < 4.78 is 1.61. The molecule has 1 saturated carbocycles. The van der Waals surface area contributed by atoms with Crippen molar-refractivity contribution in [2.75, 3.05) is 5.32 Å². The molecule has 0 spiro atoms. The van der Waals surface area contributed by atoms with Gasteiger partial charge in [0.05, 0.1) is 17.0 Å². The Hall–Kier alpha value is -3.00. The molecule has 144 valence electrons. The fourth-order valence-corrected chi connectivity index (χ4v) is 3.10. The zero-order chi connectivity index (χ0) is 19.8. The lowest BCUT2D eigenvalue weighted by atomic mass is 10.1. The third-order valence-electron chi connectivity index (χ3n) is 4.39. The second-order valence-corrected chi connectivity index (χ2v) is 7.35. The molecule has 1 aromatic carbocycles. The summed E-state index contributed by atoms with van der Waals surface area (Å²) in [6.07, 6.45) is 1.97. The third-order valence-corrected chi connectivity index (χ3v) is 4.72. The Morgan fingerprint density at radius 1 is 1.21 bits per heavy atom. The van der Waals surface area contributed by atoms with Gasteiger partial charge in [0.2, 0.25) is 5.91 Å². The van der Waals surface area contributed by atoms with Crippen LogP contribution in [-0.2, 0) is 11.2 Å². The van der Waals surface area contributed by atoms with E-state index in [1.54, 1.807) is 22.7 Å². The SMILES string of the molecule is Cc1cc(C)n2nc(CC(=O)Nc3ccc(Cl)c(C(=O)NC4CC4)c3)nc2n1. The van der Waals surface area contributed by atoms with E-state index in [-0.39, 0.29) is 24.3 Å². The van der Waals surface area contributed by atoms with Crippen molar-refractivity contribution in [2.24, 2.45) is 0 Å². The minimum absolute atomic E-state index is 0.00588. The molecule has 9 heteroatoms. The zero-order valence-electron chi connectivity index (χ0n) is 15.5. The first kappa shape index (κ1) is 18.4.